The van der Waals surface area contributed by atoms with E-state index in [0.29, 0.717) is 18.9 Å². The molecule has 4 rings (SSSR count). The number of carbonyl (C=O) groups is 1. The molecule has 2 N–H and O–H groups in total. The number of rotatable bonds is 5. The SMILES string of the molecule is Cc1nc(NCc2cn(Cc3ccc(F)c(Cl)c3)nn2)cc2c1NC(=O)[C@H](C)N2C.S. The Morgan fingerprint density at radius 3 is 2.84 bits per heavy atom. The van der Waals surface area contributed by atoms with Crippen LogP contribution in [0.25, 0.3) is 0 Å². The van der Waals surface area contributed by atoms with Gasteiger partial charge in [-0.1, -0.05) is 22.9 Å². The number of aromatic nitrogens is 4. The highest BCUT2D eigenvalue weighted by Gasteiger charge is 2.28. The number of halogens is 2. The number of amides is 1. The molecular weight excluding hydrogens is 441 g/mol. The van der Waals surface area contributed by atoms with Gasteiger partial charge in [-0.25, -0.2) is 14.1 Å². The Morgan fingerprint density at radius 2 is 2.10 bits per heavy atom. The Bertz CT molecular complexity index is 1120. The van der Waals surface area contributed by atoms with Gasteiger partial charge in [-0.05, 0) is 31.5 Å². The van der Waals surface area contributed by atoms with Crippen molar-refractivity contribution in [2.45, 2.75) is 33.0 Å². The summed E-state index contributed by atoms with van der Waals surface area (Å²) >= 11 is 5.83. The lowest BCUT2D eigenvalue weighted by molar-refractivity contribution is -0.117. The largest absolute Gasteiger partial charge is 0.364 e. The third kappa shape index (κ3) is 4.75. The summed E-state index contributed by atoms with van der Waals surface area (Å²) in [6, 6.07) is 6.22. The van der Waals surface area contributed by atoms with Gasteiger partial charge in [0.2, 0.25) is 5.91 Å². The molecule has 164 valence electrons. The van der Waals surface area contributed by atoms with Crippen LogP contribution in [-0.4, -0.2) is 39.0 Å². The predicted molar refractivity (Wildman–Crippen MR) is 124 cm³/mol. The lowest BCUT2D eigenvalue weighted by Crippen LogP contribution is -2.44. The van der Waals surface area contributed by atoms with E-state index in [1.807, 2.05) is 38.1 Å². The van der Waals surface area contributed by atoms with Crippen LogP contribution >= 0.6 is 25.1 Å². The van der Waals surface area contributed by atoms with Crippen LogP contribution in [0.15, 0.2) is 30.5 Å². The molecule has 0 unspecified atom stereocenters. The average Bonchev–Trinajstić information content (AvgIpc) is 3.16. The Hall–Kier alpha value is -2.85. The number of aryl methyl sites for hydroxylation is 1. The smallest absolute Gasteiger partial charge is 0.246 e. The third-order valence-electron chi connectivity index (χ3n) is 5.13. The van der Waals surface area contributed by atoms with E-state index in [4.69, 9.17) is 11.6 Å². The first-order chi connectivity index (χ1) is 14.3. The van der Waals surface area contributed by atoms with Crippen molar-refractivity contribution >= 4 is 48.2 Å². The zero-order valence-corrected chi connectivity index (χ0v) is 19.0. The molecule has 0 aliphatic carbocycles. The number of pyridine rings is 1. The Balaban J connectivity index is 0.00000272. The van der Waals surface area contributed by atoms with E-state index in [0.717, 1.165) is 28.3 Å². The van der Waals surface area contributed by atoms with E-state index in [1.165, 1.54) is 6.07 Å². The number of nitrogens with one attached hydrogen (secondary N) is 2. The van der Waals surface area contributed by atoms with Crippen LogP contribution in [0, 0.1) is 12.7 Å². The third-order valence-corrected chi connectivity index (χ3v) is 5.42. The average molecular weight is 464 g/mol. The first kappa shape index (κ1) is 22.8. The summed E-state index contributed by atoms with van der Waals surface area (Å²) in [5, 5.41) is 14.5. The van der Waals surface area contributed by atoms with Gasteiger partial charge >= 0.3 is 0 Å². The van der Waals surface area contributed by atoms with Gasteiger partial charge in [-0.15, -0.1) is 5.10 Å². The molecule has 1 aliphatic heterocycles. The maximum atomic E-state index is 13.3. The van der Waals surface area contributed by atoms with E-state index in [-0.39, 0.29) is 30.5 Å². The Morgan fingerprint density at radius 1 is 1.32 bits per heavy atom. The van der Waals surface area contributed by atoms with Gasteiger partial charge in [-0.2, -0.15) is 13.5 Å². The predicted octanol–water partition coefficient (Wildman–Crippen LogP) is 3.32. The van der Waals surface area contributed by atoms with Gasteiger partial charge < -0.3 is 15.5 Å². The molecular formula is C20H23ClFN7OS. The summed E-state index contributed by atoms with van der Waals surface area (Å²) in [6.07, 6.45) is 1.81. The summed E-state index contributed by atoms with van der Waals surface area (Å²) in [5.74, 6) is 0.187. The topological polar surface area (TPSA) is 88.0 Å². The Labute approximate surface area is 191 Å². The summed E-state index contributed by atoms with van der Waals surface area (Å²) in [4.78, 5) is 18.5. The van der Waals surface area contributed by atoms with Crippen molar-refractivity contribution in [2.75, 3.05) is 22.6 Å². The number of nitrogens with zero attached hydrogens (tertiary/aromatic N) is 5. The number of fused-ring (bicyclic) bond motifs is 1. The molecule has 0 saturated carbocycles. The monoisotopic (exact) mass is 463 g/mol. The molecule has 0 saturated heterocycles. The van der Waals surface area contributed by atoms with E-state index in [2.05, 4.69) is 25.9 Å². The van der Waals surface area contributed by atoms with Crippen molar-refractivity contribution in [3.05, 3.63) is 58.3 Å². The van der Waals surface area contributed by atoms with Crippen molar-refractivity contribution in [1.29, 1.82) is 0 Å². The number of benzene rings is 1. The highest BCUT2D eigenvalue weighted by Crippen LogP contribution is 2.34. The number of hydrogen-bond acceptors (Lipinski definition) is 6. The van der Waals surface area contributed by atoms with Crippen LogP contribution in [0.1, 0.15) is 23.9 Å². The zero-order chi connectivity index (χ0) is 21.4. The van der Waals surface area contributed by atoms with Gasteiger partial charge in [-0.3, -0.25) is 4.79 Å². The van der Waals surface area contributed by atoms with E-state index < -0.39 is 5.82 Å². The molecule has 1 aliphatic rings. The summed E-state index contributed by atoms with van der Waals surface area (Å²) in [6.45, 7) is 4.58. The number of likely N-dealkylation sites (N-methyl/N-ethyl adjacent to an activating group) is 1. The van der Waals surface area contributed by atoms with Crippen molar-refractivity contribution in [3.63, 3.8) is 0 Å². The molecule has 31 heavy (non-hydrogen) atoms. The molecule has 0 fully saturated rings. The first-order valence-electron chi connectivity index (χ1n) is 9.44. The molecule has 2 aromatic heterocycles. The van der Waals surface area contributed by atoms with Crippen molar-refractivity contribution < 1.29 is 9.18 Å². The van der Waals surface area contributed by atoms with Gasteiger partial charge in [0, 0.05) is 13.1 Å². The molecule has 0 spiro atoms. The summed E-state index contributed by atoms with van der Waals surface area (Å²) in [7, 11) is 1.89. The number of hydrogen-bond donors (Lipinski definition) is 2. The summed E-state index contributed by atoms with van der Waals surface area (Å²) in [5.41, 5.74) is 3.94. The van der Waals surface area contributed by atoms with Crippen LogP contribution < -0.4 is 15.5 Å². The van der Waals surface area contributed by atoms with E-state index >= 15 is 0 Å². The molecule has 3 aromatic rings. The number of anilines is 3. The zero-order valence-electron chi connectivity index (χ0n) is 17.3. The normalized spacial score (nSPS) is 15.2. The lowest BCUT2D eigenvalue weighted by atomic mass is 10.1. The minimum atomic E-state index is -0.448. The molecule has 0 bridgehead atoms. The molecule has 1 amide bonds. The van der Waals surface area contributed by atoms with Gasteiger partial charge in [0.25, 0.3) is 0 Å². The fourth-order valence-electron chi connectivity index (χ4n) is 3.29. The molecule has 3 heterocycles. The first-order valence-corrected chi connectivity index (χ1v) is 9.82. The standard InChI is InChI=1S/C20H21ClFN7O.H2S/c1-11-19-17(28(3)12(2)20(30)25-19)7-18(24-11)23-8-14-10-29(27-26-14)9-13-4-5-16(22)15(21)6-13;/h4-7,10,12H,8-9H2,1-3H3,(H,23,24)(H,25,30);1H2/t12-;/m0./s1. The number of carbonyl (C=O) groups excluding carboxylic acids is 1. The quantitative estimate of drug-likeness (QED) is 0.603. The Kier molecular flexibility index (Phi) is 6.71. The van der Waals surface area contributed by atoms with E-state index in [1.54, 1.807) is 16.8 Å². The molecule has 1 aromatic carbocycles. The fraction of sp³-hybridized carbons (Fsp3) is 0.300. The van der Waals surface area contributed by atoms with Crippen molar-refractivity contribution in [1.82, 2.24) is 20.0 Å². The molecule has 11 heteroatoms. The minimum Gasteiger partial charge on any atom is -0.364 e. The van der Waals surface area contributed by atoms with Crippen LogP contribution in [0.2, 0.25) is 5.02 Å². The lowest BCUT2D eigenvalue weighted by Gasteiger charge is -2.34. The van der Waals surface area contributed by atoms with Gasteiger partial charge in [0.05, 0.1) is 41.4 Å². The molecule has 8 nitrogen and oxygen atoms in total. The summed E-state index contributed by atoms with van der Waals surface area (Å²) < 4.78 is 15.0. The highest BCUT2D eigenvalue weighted by molar-refractivity contribution is 7.59. The maximum absolute atomic E-state index is 13.3. The van der Waals surface area contributed by atoms with Crippen molar-refractivity contribution in [2.24, 2.45) is 0 Å². The minimum absolute atomic E-state index is 0. The van der Waals surface area contributed by atoms with Gasteiger partial charge in [0.1, 0.15) is 23.4 Å². The van der Waals surface area contributed by atoms with Crippen LogP contribution in [-0.2, 0) is 17.9 Å². The molecule has 0 radical (unpaired) electrons. The van der Waals surface area contributed by atoms with Crippen molar-refractivity contribution in [3.8, 4) is 0 Å². The second-order valence-corrected chi connectivity index (χ2v) is 7.68. The van der Waals surface area contributed by atoms with Gasteiger partial charge in [0.15, 0.2) is 0 Å². The maximum Gasteiger partial charge on any atom is 0.246 e. The molecule has 1 atom stereocenters. The fourth-order valence-corrected chi connectivity index (χ4v) is 3.50. The second-order valence-electron chi connectivity index (χ2n) is 7.27. The van der Waals surface area contributed by atoms with Crippen LogP contribution in [0.4, 0.5) is 21.6 Å². The highest BCUT2D eigenvalue weighted by atomic mass is 35.5. The van der Waals surface area contributed by atoms with E-state index in [9.17, 15) is 9.18 Å². The van der Waals surface area contributed by atoms with Crippen LogP contribution in [0.5, 0.6) is 0 Å². The second kappa shape index (κ2) is 9.11. The van der Waals surface area contributed by atoms with Crippen LogP contribution in [0.3, 0.4) is 0 Å².